The zero-order chi connectivity index (χ0) is 29.0. The van der Waals surface area contributed by atoms with Crippen LogP contribution in [0.15, 0.2) is 45.9 Å². The van der Waals surface area contributed by atoms with Crippen molar-refractivity contribution < 1.29 is 33.0 Å². The number of amides is 2. The van der Waals surface area contributed by atoms with Crippen LogP contribution in [-0.2, 0) is 10.2 Å². The number of aliphatic imine (C=N–C) groups is 1. The number of nitrogens with one attached hydrogen (secondary N) is 4. The van der Waals surface area contributed by atoms with Crippen LogP contribution in [0, 0.1) is 0 Å². The van der Waals surface area contributed by atoms with Crippen molar-refractivity contribution >= 4 is 39.4 Å². The summed E-state index contributed by atoms with van der Waals surface area (Å²) in [6.45, 7) is 4.09. The second kappa shape index (κ2) is 12.2. The van der Waals surface area contributed by atoms with E-state index in [2.05, 4.69) is 42.2 Å². The summed E-state index contributed by atoms with van der Waals surface area (Å²) in [5, 5.41) is 30.6. The molecule has 1 aliphatic heterocycles. The maximum atomic E-state index is 13.6. The molecule has 2 amide bonds. The number of aromatic hydroxyl groups is 1. The van der Waals surface area contributed by atoms with Crippen LogP contribution in [0.1, 0.15) is 54.7 Å². The molecule has 1 heterocycles. The maximum absolute atomic E-state index is 13.6. The van der Waals surface area contributed by atoms with Gasteiger partial charge in [0.05, 0.1) is 30.7 Å². The second-order valence-electron chi connectivity index (χ2n) is 9.72. The van der Waals surface area contributed by atoms with Crippen LogP contribution >= 0.6 is 15.9 Å². The normalized spacial score (nSPS) is 16.5. The third kappa shape index (κ3) is 7.85. The fraction of sp³-hybridized carbons (Fsp3) is 0.423. The molecule has 0 saturated carbocycles. The topological polar surface area (TPSA) is 135 Å². The van der Waals surface area contributed by atoms with E-state index >= 15 is 0 Å². The summed E-state index contributed by atoms with van der Waals surface area (Å²) in [5.74, 6) is -0.978. The number of carbonyl (C=O) groups excluding carboxylic acids is 2. The summed E-state index contributed by atoms with van der Waals surface area (Å²) < 4.78 is 41.3. The molecule has 0 spiro atoms. The molecular formula is C26H31BrF3N5O4. The third-order valence-electron chi connectivity index (χ3n) is 6.31. The van der Waals surface area contributed by atoms with Crippen LogP contribution in [0.5, 0.6) is 5.75 Å². The van der Waals surface area contributed by atoms with Gasteiger partial charge in [-0.25, -0.2) is 0 Å². The number of carbonyl (C=O) groups is 2. The minimum atomic E-state index is -4.47. The number of phenolic OH excluding ortho intramolecular Hbond substituents is 1. The number of alkyl halides is 3. The number of phenols is 1. The molecule has 0 saturated heterocycles. The number of aliphatic hydroxyl groups excluding tert-OH is 1. The van der Waals surface area contributed by atoms with E-state index in [-0.39, 0.29) is 23.4 Å². The molecule has 6 N–H and O–H groups in total. The molecule has 0 bridgehead atoms. The Kier molecular flexibility index (Phi) is 9.49. The van der Waals surface area contributed by atoms with Crippen molar-refractivity contribution in [1.82, 2.24) is 16.0 Å². The van der Waals surface area contributed by atoms with Gasteiger partial charge in [-0.15, -0.1) is 0 Å². The van der Waals surface area contributed by atoms with E-state index in [1.807, 2.05) is 0 Å². The van der Waals surface area contributed by atoms with Gasteiger partial charge in [0, 0.05) is 28.3 Å². The van der Waals surface area contributed by atoms with Crippen molar-refractivity contribution in [3.63, 3.8) is 0 Å². The summed E-state index contributed by atoms with van der Waals surface area (Å²) in [5.41, 5.74) is -1.10. The summed E-state index contributed by atoms with van der Waals surface area (Å²) in [7, 11) is 0. The van der Waals surface area contributed by atoms with Gasteiger partial charge in [-0.2, -0.15) is 13.2 Å². The first kappa shape index (κ1) is 30.2. The number of halogens is 4. The number of benzene rings is 2. The van der Waals surface area contributed by atoms with Gasteiger partial charge in [0.2, 0.25) is 5.91 Å². The largest absolute Gasteiger partial charge is 0.508 e. The molecule has 9 nitrogen and oxygen atoms in total. The molecule has 0 radical (unpaired) electrons. The van der Waals surface area contributed by atoms with Gasteiger partial charge in [0.25, 0.3) is 5.91 Å². The highest BCUT2D eigenvalue weighted by Gasteiger charge is 2.48. The number of anilines is 1. The summed E-state index contributed by atoms with van der Waals surface area (Å²) in [6, 6.07) is 7.98. The van der Waals surface area contributed by atoms with E-state index in [0.717, 1.165) is 13.8 Å². The van der Waals surface area contributed by atoms with Gasteiger partial charge in [-0.05, 0) is 55.7 Å². The van der Waals surface area contributed by atoms with Crippen LogP contribution < -0.4 is 21.3 Å². The van der Waals surface area contributed by atoms with E-state index in [1.54, 1.807) is 13.0 Å². The van der Waals surface area contributed by atoms with Gasteiger partial charge < -0.3 is 31.5 Å². The number of hydrogen-bond donors (Lipinski definition) is 6. The number of nitrogens with zero attached hydrogens (tertiary/aromatic N) is 1. The van der Waals surface area contributed by atoms with E-state index in [9.17, 15) is 33.0 Å². The second-order valence-corrected chi connectivity index (χ2v) is 10.6. The monoisotopic (exact) mass is 613 g/mol. The molecule has 13 heteroatoms. The lowest BCUT2D eigenvalue weighted by atomic mass is 9.82. The molecular weight excluding hydrogens is 583 g/mol. The molecule has 0 fully saturated rings. The van der Waals surface area contributed by atoms with Crippen molar-refractivity contribution in [1.29, 1.82) is 0 Å². The standard InChI is InChI=1S/C26H31BrF3N5O4/c1-4-21(14-5-16(9-17(27)6-14)25(2,3)26(28,29)30)35-22(38)13-31-23(39)15-7-18(10-19(36)8-15)34-24-32-11-20(37)12-33-24/h5-10,20-21,36-37H,4,11-13H2,1-3H3,(H,31,39)(H,35,38)(H2,32,33,34). The van der Waals surface area contributed by atoms with Gasteiger partial charge in [-0.1, -0.05) is 28.9 Å². The third-order valence-corrected chi connectivity index (χ3v) is 6.77. The van der Waals surface area contributed by atoms with E-state index in [0.29, 0.717) is 34.6 Å². The fourth-order valence-corrected chi connectivity index (χ4v) is 4.34. The minimum absolute atomic E-state index is 0.0549. The Morgan fingerprint density at radius 3 is 2.51 bits per heavy atom. The number of guanidine groups is 1. The molecule has 2 atom stereocenters. The first-order valence-electron chi connectivity index (χ1n) is 12.2. The molecule has 2 unspecified atom stereocenters. The Balaban J connectivity index is 1.65. The molecule has 3 rings (SSSR count). The molecule has 0 aromatic heterocycles. The highest BCUT2D eigenvalue weighted by atomic mass is 79.9. The van der Waals surface area contributed by atoms with E-state index in [4.69, 9.17) is 0 Å². The quantitative estimate of drug-likeness (QED) is 0.269. The summed E-state index contributed by atoms with van der Waals surface area (Å²) >= 11 is 3.27. The zero-order valence-corrected chi connectivity index (χ0v) is 23.2. The SMILES string of the molecule is CCC(NC(=O)CNC(=O)c1cc(O)cc(NC2=NCC(O)CN2)c1)c1cc(Br)cc(C(C)(C)C(F)(F)F)c1. The fourth-order valence-electron chi connectivity index (χ4n) is 3.83. The zero-order valence-electron chi connectivity index (χ0n) is 21.6. The maximum Gasteiger partial charge on any atom is 0.397 e. The average molecular weight is 614 g/mol. The molecule has 1 aliphatic rings. The van der Waals surface area contributed by atoms with E-state index < -0.39 is 42.1 Å². The lowest BCUT2D eigenvalue weighted by molar-refractivity contribution is -0.180. The van der Waals surface area contributed by atoms with Crippen LogP contribution in [0.4, 0.5) is 18.9 Å². The lowest BCUT2D eigenvalue weighted by Crippen LogP contribution is -2.42. The van der Waals surface area contributed by atoms with Gasteiger partial charge in [-0.3, -0.25) is 14.6 Å². The van der Waals surface area contributed by atoms with Gasteiger partial charge >= 0.3 is 6.18 Å². The number of hydrogen-bond acceptors (Lipinski definition) is 7. The predicted molar refractivity (Wildman–Crippen MR) is 145 cm³/mol. The Morgan fingerprint density at radius 1 is 1.18 bits per heavy atom. The smallest absolute Gasteiger partial charge is 0.397 e. The Bertz CT molecular complexity index is 1250. The first-order chi connectivity index (χ1) is 18.2. The minimum Gasteiger partial charge on any atom is -0.508 e. The van der Waals surface area contributed by atoms with Crippen LogP contribution in [-0.4, -0.2) is 59.9 Å². The highest BCUT2D eigenvalue weighted by molar-refractivity contribution is 9.10. The Labute approximate surface area is 232 Å². The number of β-amino-alcohol motifs (C(OH)–C–C–N with tert-alkyl or cyclic N) is 1. The van der Waals surface area contributed by atoms with Crippen molar-refractivity contribution in [3.05, 3.63) is 57.6 Å². The molecule has 2 aromatic carbocycles. The summed E-state index contributed by atoms with van der Waals surface area (Å²) in [6.07, 6.45) is -4.67. The molecule has 0 aliphatic carbocycles. The van der Waals surface area contributed by atoms with Crippen LogP contribution in [0.25, 0.3) is 0 Å². The van der Waals surface area contributed by atoms with Crippen molar-refractivity contribution in [2.45, 2.75) is 50.9 Å². The van der Waals surface area contributed by atoms with Crippen molar-refractivity contribution in [2.75, 3.05) is 25.0 Å². The van der Waals surface area contributed by atoms with Gasteiger partial charge in [0.1, 0.15) is 5.75 Å². The Morgan fingerprint density at radius 2 is 1.90 bits per heavy atom. The predicted octanol–water partition coefficient (Wildman–Crippen LogP) is 3.72. The molecule has 212 valence electrons. The van der Waals surface area contributed by atoms with Crippen molar-refractivity contribution in [3.8, 4) is 5.75 Å². The first-order valence-corrected chi connectivity index (χ1v) is 13.0. The molecule has 39 heavy (non-hydrogen) atoms. The summed E-state index contributed by atoms with van der Waals surface area (Å²) in [4.78, 5) is 29.4. The highest BCUT2D eigenvalue weighted by Crippen LogP contribution is 2.42. The Hall–Kier alpha value is -3.32. The van der Waals surface area contributed by atoms with Gasteiger partial charge in [0.15, 0.2) is 5.96 Å². The number of rotatable bonds is 8. The van der Waals surface area contributed by atoms with Crippen LogP contribution in [0.2, 0.25) is 0 Å². The average Bonchev–Trinajstić information content (AvgIpc) is 2.85. The molecule has 2 aromatic rings. The lowest BCUT2D eigenvalue weighted by Gasteiger charge is -2.29. The van der Waals surface area contributed by atoms with E-state index in [1.165, 1.54) is 30.3 Å². The van der Waals surface area contributed by atoms with Crippen molar-refractivity contribution in [2.24, 2.45) is 4.99 Å². The van der Waals surface area contributed by atoms with Crippen LogP contribution in [0.3, 0.4) is 0 Å². The number of aliphatic hydroxyl groups is 1.